The lowest BCUT2D eigenvalue weighted by Gasteiger charge is -2.16. The maximum absolute atomic E-state index is 12.1. The van der Waals surface area contributed by atoms with Crippen molar-refractivity contribution in [1.29, 1.82) is 0 Å². The summed E-state index contributed by atoms with van der Waals surface area (Å²) in [6.45, 7) is 1.79. The van der Waals surface area contributed by atoms with Crippen molar-refractivity contribution in [1.82, 2.24) is 14.9 Å². The van der Waals surface area contributed by atoms with Crippen molar-refractivity contribution in [3.8, 4) is 0 Å². The highest BCUT2D eigenvalue weighted by molar-refractivity contribution is 6.30. The Balaban J connectivity index is 1.57. The Kier molecular flexibility index (Phi) is 5.28. The minimum Gasteiger partial charge on any atom is -0.310 e. The summed E-state index contributed by atoms with van der Waals surface area (Å²) in [5.41, 5.74) is 1.95. The van der Waals surface area contributed by atoms with Crippen LogP contribution in [0.4, 0.5) is 0 Å². The fraction of sp³-hybridized carbons (Fsp3) is 0.263. The Morgan fingerprint density at radius 3 is 2.54 bits per heavy atom. The van der Waals surface area contributed by atoms with Gasteiger partial charge < -0.3 is 9.88 Å². The zero-order valence-electron chi connectivity index (χ0n) is 13.6. The quantitative estimate of drug-likeness (QED) is 0.748. The number of aromatic amines is 1. The molecule has 4 nitrogen and oxygen atoms in total. The molecule has 0 aliphatic rings. The summed E-state index contributed by atoms with van der Waals surface area (Å²) in [6.07, 6.45) is 1.69. The third-order valence-corrected chi connectivity index (χ3v) is 4.34. The number of hydrogen-bond donors (Lipinski definition) is 1. The molecule has 0 spiro atoms. The van der Waals surface area contributed by atoms with Crippen LogP contribution in [0.2, 0.25) is 5.02 Å². The van der Waals surface area contributed by atoms with Crippen LogP contribution in [0.25, 0.3) is 10.9 Å². The van der Waals surface area contributed by atoms with E-state index in [9.17, 15) is 4.79 Å². The summed E-state index contributed by atoms with van der Waals surface area (Å²) in [7, 11) is 2.08. The molecule has 1 aromatic heterocycles. The monoisotopic (exact) mass is 341 g/mol. The van der Waals surface area contributed by atoms with Gasteiger partial charge in [0.25, 0.3) is 5.56 Å². The molecule has 3 aromatic rings. The summed E-state index contributed by atoms with van der Waals surface area (Å²) < 4.78 is 0. The summed E-state index contributed by atoms with van der Waals surface area (Å²) in [6, 6.07) is 15.4. The minimum absolute atomic E-state index is 0.0700. The van der Waals surface area contributed by atoms with E-state index >= 15 is 0 Å². The summed E-state index contributed by atoms with van der Waals surface area (Å²) in [5, 5.41) is 1.40. The van der Waals surface area contributed by atoms with Crippen molar-refractivity contribution in [2.75, 3.05) is 20.1 Å². The van der Waals surface area contributed by atoms with Gasteiger partial charge in [-0.1, -0.05) is 35.9 Å². The predicted octanol–water partition coefficient (Wildman–Crippen LogP) is 3.29. The van der Waals surface area contributed by atoms with Crippen LogP contribution in [-0.2, 0) is 12.8 Å². The van der Waals surface area contributed by atoms with Gasteiger partial charge in [-0.25, -0.2) is 4.98 Å². The van der Waals surface area contributed by atoms with E-state index < -0.39 is 0 Å². The van der Waals surface area contributed by atoms with Crippen LogP contribution in [0.5, 0.6) is 0 Å². The SMILES string of the molecule is CN(CCc1ccc(Cl)cc1)CCc1nc2ccccc2c(=O)[nH]1. The summed E-state index contributed by atoms with van der Waals surface area (Å²) in [5.74, 6) is 0.733. The van der Waals surface area contributed by atoms with Crippen LogP contribution in [0.3, 0.4) is 0 Å². The highest BCUT2D eigenvalue weighted by atomic mass is 35.5. The molecule has 1 N–H and O–H groups in total. The molecular formula is C19H20ClN3O. The normalized spacial score (nSPS) is 11.3. The van der Waals surface area contributed by atoms with Crippen molar-refractivity contribution in [3.63, 3.8) is 0 Å². The van der Waals surface area contributed by atoms with E-state index in [1.54, 1.807) is 6.07 Å². The van der Waals surface area contributed by atoms with E-state index in [-0.39, 0.29) is 5.56 Å². The van der Waals surface area contributed by atoms with Crippen LogP contribution >= 0.6 is 11.6 Å². The second-order valence-corrected chi connectivity index (χ2v) is 6.40. The smallest absolute Gasteiger partial charge is 0.258 e. The van der Waals surface area contributed by atoms with Gasteiger partial charge in [0, 0.05) is 24.5 Å². The van der Waals surface area contributed by atoms with Gasteiger partial charge in [-0.3, -0.25) is 4.79 Å². The van der Waals surface area contributed by atoms with Gasteiger partial charge in [0.15, 0.2) is 0 Å². The molecule has 124 valence electrons. The van der Waals surface area contributed by atoms with E-state index in [0.717, 1.165) is 42.3 Å². The van der Waals surface area contributed by atoms with Crippen molar-refractivity contribution in [3.05, 3.63) is 75.3 Å². The molecule has 0 radical (unpaired) electrons. The van der Waals surface area contributed by atoms with E-state index in [1.165, 1.54) is 5.56 Å². The van der Waals surface area contributed by atoms with Crippen molar-refractivity contribution < 1.29 is 0 Å². The second-order valence-electron chi connectivity index (χ2n) is 5.96. The van der Waals surface area contributed by atoms with Gasteiger partial charge in [-0.2, -0.15) is 0 Å². The molecule has 0 saturated carbocycles. The molecule has 0 bridgehead atoms. The number of rotatable bonds is 6. The number of fused-ring (bicyclic) bond motifs is 1. The molecule has 5 heteroatoms. The molecule has 0 aliphatic heterocycles. The summed E-state index contributed by atoms with van der Waals surface area (Å²) >= 11 is 5.90. The Morgan fingerprint density at radius 1 is 1.04 bits per heavy atom. The zero-order chi connectivity index (χ0) is 16.9. The highest BCUT2D eigenvalue weighted by Crippen LogP contribution is 2.10. The number of H-pyrrole nitrogens is 1. The average Bonchev–Trinajstić information content (AvgIpc) is 2.59. The number of benzene rings is 2. The molecule has 0 aliphatic carbocycles. The van der Waals surface area contributed by atoms with Crippen molar-refractivity contribution in [2.45, 2.75) is 12.8 Å². The van der Waals surface area contributed by atoms with Gasteiger partial charge >= 0.3 is 0 Å². The molecule has 2 aromatic carbocycles. The Bertz CT molecular complexity index is 874. The maximum atomic E-state index is 12.1. The van der Waals surface area contributed by atoms with Crippen LogP contribution in [0.15, 0.2) is 53.3 Å². The minimum atomic E-state index is -0.0700. The van der Waals surface area contributed by atoms with Gasteiger partial charge in [0.05, 0.1) is 10.9 Å². The highest BCUT2D eigenvalue weighted by Gasteiger charge is 2.05. The molecule has 3 rings (SSSR count). The lowest BCUT2D eigenvalue weighted by Crippen LogP contribution is -2.25. The molecule has 0 unspecified atom stereocenters. The second kappa shape index (κ2) is 7.60. The number of likely N-dealkylation sites (N-methyl/N-ethyl adjacent to an activating group) is 1. The van der Waals surface area contributed by atoms with Gasteiger partial charge in [-0.05, 0) is 43.3 Å². The first-order valence-corrected chi connectivity index (χ1v) is 8.40. The molecule has 0 fully saturated rings. The van der Waals surface area contributed by atoms with E-state index in [2.05, 4.69) is 34.0 Å². The predicted molar refractivity (Wildman–Crippen MR) is 98.7 cm³/mol. The van der Waals surface area contributed by atoms with E-state index in [4.69, 9.17) is 11.6 Å². The molecule has 24 heavy (non-hydrogen) atoms. The first kappa shape index (κ1) is 16.7. The van der Waals surface area contributed by atoms with E-state index in [1.807, 2.05) is 30.3 Å². The molecular weight excluding hydrogens is 322 g/mol. The van der Waals surface area contributed by atoms with Gasteiger partial charge in [0.1, 0.15) is 5.82 Å². The van der Waals surface area contributed by atoms with Crippen LogP contribution in [-0.4, -0.2) is 35.0 Å². The average molecular weight is 342 g/mol. The zero-order valence-corrected chi connectivity index (χ0v) is 14.4. The third-order valence-electron chi connectivity index (χ3n) is 4.09. The molecule has 0 saturated heterocycles. The van der Waals surface area contributed by atoms with Crippen molar-refractivity contribution in [2.24, 2.45) is 0 Å². The first-order valence-electron chi connectivity index (χ1n) is 8.03. The molecule has 0 amide bonds. The number of hydrogen-bond acceptors (Lipinski definition) is 3. The number of aromatic nitrogens is 2. The Morgan fingerprint density at radius 2 is 1.75 bits per heavy atom. The lowest BCUT2D eigenvalue weighted by molar-refractivity contribution is 0.340. The van der Waals surface area contributed by atoms with E-state index in [0.29, 0.717) is 5.39 Å². The molecule has 1 heterocycles. The lowest BCUT2D eigenvalue weighted by atomic mass is 10.1. The fourth-order valence-corrected chi connectivity index (χ4v) is 2.76. The maximum Gasteiger partial charge on any atom is 0.258 e. The topological polar surface area (TPSA) is 49.0 Å². The standard InChI is InChI=1S/C19H20ClN3O/c1-23(12-10-14-6-8-15(20)9-7-14)13-11-18-21-17-5-3-2-4-16(17)19(24)22-18/h2-9H,10-13H2,1H3,(H,21,22,24). The fourth-order valence-electron chi connectivity index (χ4n) is 2.63. The van der Waals surface area contributed by atoms with Crippen LogP contribution < -0.4 is 5.56 Å². The number of halogens is 1. The van der Waals surface area contributed by atoms with Crippen LogP contribution in [0, 0.1) is 0 Å². The van der Waals surface area contributed by atoms with Gasteiger partial charge in [0.2, 0.25) is 0 Å². The Labute approximate surface area is 146 Å². The number of nitrogens with zero attached hydrogens (tertiary/aromatic N) is 2. The third kappa shape index (κ3) is 4.22. The summed E-state index contributed by atoms with van der Waals surface area (Å²) in [4.78, 5) is 21.7. The van der Waals surface area contributed by atoms with Crippen molar-refractivity contribution >= 4 is 22.5 Å². The Hall–Kier alpha value is -2.17. The number of para-hydroxylation sites is 1. The molecule has 0 atom stereocenters. The largest absolute Gasteiger partial charge is 0.310 e. The number of nitrogens with one attached hydrogen (secondary N) is 1. The van der Waals surface area contributed by atoms with Gasteiger partial charge in [-0.15, -0.1) is 0 Å². The van der Waals surface area contributed by atoms with Crippen LogP contribution in [0.1, 0.15) is 11.4 Å². The first-order chi connectivity index (χ1) is 11.6.